The summed E-state index contributed by atoms with van der Waals surface area (Å²) in [5, 5.41) is 8.70. The van der Waals surface area contributed by atoms with Crippen LogP contribution in [0.2, 0.25) is 0 Å². The predicted octanol–water partition coefficient (Wildman–Crippen LogP) is 1.68. The molecule has 1 rings (SSSR count). The van der Waals surface area contributed by atoms with Crippen molar-refractivity contribution in [3.05, 3.63) is 28.5 Å². The van der Waals surface area contributed by atoms with Crippen molar-refractivity contribution in [1.29, 1.82) is 0 Å². The van der Waals surface area contributed by atoms with E-state index < -0.39 is 0 Å². The first-order valence-electron chi connectivity index (χ1n) is 3.23. The van der Waals surface area contributed by atoms with Crippen LogP contribution in [-0.4, -0.2) is 16.7 Å². The van der Waals surface area contributed by atoms with Gasteiger partial charge in [-0.25, -0.2) is 4.98 Å². The van der Waals surface area contributed by atoms with Crippen LogP contribution < -0.4 is 5.73 Å². The standard InChI is InChI=1S/C7H9BrN2O.2ClH/c8-7-3-1-2-6(10-7)5(9)4-11;;/h1-3,5,11H,4,9H2;2*1H. The van der Waals surface area contributed by atoms with Gasteiger partial charge in [-0.05, 0) is 28.1 Å². The van der Waals surface area contributed by atoms with E-state index in [0.717, 1.165) is 4.60 Å². The second-order valence-electron chi connectivity index (χ2n) is 2.17. The molecule has 0 spiro atoms. The molecule has 1 atom stereocenters. The zero-order valence-electron chi connectivity index (χ0n) is 6.68. The molecule has 1 aromatic rings. The first-order chi connectivity index (χ1) is 5.24. The highest BCUT2D eigenvalue weighted by atomic mass is 79.9. The number of rotatable bonds is 2. The second-order valence-corrected chi connectivity index (χ2v) is 2.99. The van der Waals surface area contributed by atoms with E-state index in [1.54, 1.807) is 6.07 Å². The van der Waals surface area contributed by atoms with Crippen LogP contribution in [0.5, 0.6) is 0 Å². The molecule has 1 unspecified atom stereocenters. The molecule has 3 nitrogen and oxygen atoms in total. The number of halogens is 3. The van der Waals surface area contributed by atoms with E-state index in [1.165, 1.54) is 0 Å². The van der Waals surface area contributed by atoms with Crippen LogP contribution in [0, 0.1) is 0 Å². The van der Waals surface area contributed by atoms with E-state index in [4.69, 9.17) is 10.8 Å². The zero-order chi connectivity index (χ0) is 8.27. The summed E-state index contributed by atoms with van der Waals surface area (Å²) in [5.74, 6) is 0. The van der Waals surface area contributed by atoms with Gasteiger partial charge in [0.2, 0.25) is 0 Å². The molecule has 0 radical (unpaired) electrons. The van der Waals surface area contributed by atoms with Gasteiger partial charge in [-0.2, -0.15) is 0 Å². The maximum atomic E-state index is 8.70. The number of aromatic nitrogens is 1. The lowest BCUT2D eigenvalue weighted by Crippen LogP contribution is -2.15. The van der Waals surface area contributed by atoms with Crippen molar-refractivity contribution in [2.75, 3.05) is 6.61 Å². The van der Waals surface area contributed by atoms with E-state index in [2.05, 4.69) is 20.9 Å². The number of nitrogens with zero attached hydrogens (tertiary/aromatic N) is 1. The number of pyridine rings is 1. The van der Waals surface area contributed by atoms with Gasteiger partial charge in [-0.15, -0.1) is 24.8 Å². The maximum Gasteiger partial charge on any atom is 0.106 e. The molecule has 3 N–H and O–H groups in total. The minimum Gasteiger partial charge on any atom is -0.394 e. The van der Waals surface area contributed by atoms with Gasteiger partial charge in [0, 0.05) is 0 Å². The Bertz CT molecular complexity index is 250. The molecule has 0 amide bonds. The fourth-order valence-electron chi connectivity index (χ4n) is 0.724. The number of aliphatic hydroxyl groups excluding tert-OH is 1. The molecule has 76 valence electrons. The van der Waals surface area contributed by atoms with E-state index in [0.29, 0.717) is 5.69 Å². The molecule has 0 saturated heterocycles. The van der Waals surface area contributed by atoms with E-state index in [-0.39, 0.29) is 37.5 Å². The molecule has 6 heteroatoms. The fraction of sp³-hybridized carbons (Fsp3) is 0.286. The van der Waals surface area contributed by atoms with Crippen molar-refractivity contribution >= 4 is 40.7 Å². The van der Waals surface area contributed by atoms with Gasteiger partial charge >= 0.3 is 0 Å². The van der Waals surface area contributed by atoms with E-state index >= 15 is 0 Å². The largest absolute Gasteiger partial charge is 0.394 e. The summed E-state index contributed by atoms with van der Waals surface area (Å²) in [6, 6.07) is 5.05. The Morgan fingerprint density at radius 2 is 2.08 bits per heavy atom. The summed E-state index contributed by atoms with van der Waals surface area (Å²) in [5.41, 5.74) is 6.23. The topological polar surface area (TPSA) is 59.1 Å². The third-order valence-corrected chi connectivity index (χ3v) is 1.75. The van der Waals surface area contributed by atoms with Gasteiger partial charge in [0.15, 0.2) is 0 Å². The van der Waals surface area contributed by atoms with Gasteiger partial charge in [0.05, 0.1) is 18.3 Å². The number of nitrogens with two attached hydrogens (primary N) is 1. The Labute approximate surface area is 97.7 Å². The highest BCUT2D eigenvalue weighted by molar-refractivity contribution is 9.10. The van der Waals surface area contributed by atoms with Gasteiger partial charge in [0.1, 0.15) is 4.60 Å². The van der Waals surface area contributed by atoms with Gasteiger partial charge in [-0.3, -0.25) is 0 Å². The predicted molar refractivity (Wildman–Crippen MR) is 60.4 cm³/mol. The van der Waals surface area contributed by atoms with Crippen molar-refractivity contribution in [3.63, 3.8) is 0 Å². The third-order valence-electron chi connectivity index (χ3n) is 1.31. The minimum absolute atomic E-state index is 0. The molecular weight excluding hydrogens is 279 g/mol. The first kappa shape index (κ1) is 15.6. The van der Waals surface area contributed by atoms with Crippen LogP contribution >= 0.6 is 40.7 Å². The number of hydrogen-bond acceptors (Lipinski definition) is 3. The van der Waals surface area contributed by atoms with Crippen molar-refractivity contribution in [2.45, 2.75) is 6.04 Å². The molecule has 0 bridgehead atoms. The van der Waals surface area contributed by atoms with E-state index in [1.807, 2.05) is 12.1 Å². The molecule has 0 saturated carbocycles. The lowest BCUT2D eigenvalue weighted by atomic mass is 10.2. The molecule has 0 aliphatic heterocycles. The van der Waals surface area contributed by atoms with Gasteiger partial charge in [-0.1, -0.05) is 6.07 Å². The molecule has 0 aromatic carbocycles. The fourth-order valence-corrected chi connectivity index (χ4v) is 1.08. The van der Waals surface area contributed by atoms with Crippen LogP contribution in [0.3, 0.4) is 0 Å². The molecule has 1 aromatic heterocycles. The normalized spacial score (nSPS) is 11.0. The van der Waals surface area contributed by atoms with Crippen LogP contribution in [0.25, 0.3) is 0 Å². The number of hydrogen-bond donors (Lipinski definition) is 2. The first-order valence-corrected chi connectivity index (χ1v) is 4.02. The average molecular weight is 290 g/mol. The summed E-state index contributed by atoms with van der Waals surface area (Å²) in [7, 11) is 0. The summed E-state index contributed by atoms with van der Waals surface area (Å²) < 4.78 is 0.735. The molecule has 0 fully saturated rings. The molecule has 1 heterocycles. The van der Waals surface area contributed by atoms with Gasteiger partial charge < -0.3 is 10.8 Å². The van der Waals surface area contributed by atoms with Crippen LogP contribution in [0.15, 0.2) is 22.8 Å². The zero-order valence-corrected chi connectivity index (χ0v) is 9.90. The Hall–Kier alpha value is 0.130. The Morgan fingerprint density at radius 3 is 2.54 bits per heavy atom. The smallest absolute Gasteiger partial charge is 0.106 e. The Morgan fingerprint density at radius 1 is 1.46 bits per heavy atom. The van der Waals surface area contributed by atoms with Crippen molar-refractivity contribution in [2.24, 2.45) is 5.73 Å². The third kappa shape index (κ3) is 4.78. The van der Waals surface area contributed by atoms with Gasteiger partial charge in [0.25, 0.3) is 0 Å². The van der Waals surface area contributed by atoms with Crippen molar-refractivity contribution in [3.8, 4) is 0 Å². The lowest BCUT2D eigenvalue weighted by Gasteiger charge is -2.06. The van der Waals surface area contributed by atoms with Crippen LogP contribution in [0.1, 0.15) is 11.7 Å². The quantitative estimate of drug-likeness (QED) is 0.815. The SMILES string of the molecule is Cl.Cl.NC(CO)c1cccc(Br)n1. The monoisotopic (exact) mass is 288 g/mol. The maximum absolute atomic E-state index is 8.70. The lowest BCUT2D eigenvalue weighted by molar-refractivity contribution is 0.266. The Balaban J connectivity index is 0. The molecule has 13 heavy (non-hydrogen) atoms. The molecular formula is C7H11BrCl2N2O. The van der Waals surface area contributed by atoms with Crippen molar-refractivity contribution < 1.29 is 5.11 Å². The highest BCUT2D eigenvalue weighted by Crippen LogP contribution is 2.10. The summed E-state index contributed by atoms with van der Waals surface area (Å²) in [6.45, 7) is -0.0799. The van der Waals surface area contributed by atoms with E-state index in [9.17, 15) is 0 Å². The minimum atomic E-state index is -0.382. The molecule has 0 aliphatic carbocycles. The number of aliphatic hydroxyl groups is 1. The molecule has 0 aliphatic rings. The van der Waals surface area contributed by atoms with Crippen molar-refractivity contribution in [1.82, 2.24) is 4.98 Å². The highest BCUT2D eigenvalue weighted by Gasteiger charge is 2.04. The summed E-state index contributed by atoms with van der Waals surface area (Å²) in [6.07, 6.45) is 0. The van der Waals surface area contributed by atoms with Crippen LogP contribution in [0.4, 0.5) is 0 Å². The van der Waals surface area contributed by atoms with Crippen LogP contribution in [-0.2, 0) is 0 Å². The summed E-state index contributed by atoms with van der Waals surface area (Å²) in [4.78, 5) is 4.08. The second kappa shape index (κ2) is 7.53. The average Bonchev–Trinajstić information content (AvgIpc) is 2.03. The summed E-state index contributed by atoms with van der Waals surface area (Å²) >= 11 is 3.21. The Kier molecular flexibility index (Phi) is 9.03.